The van der Waals surface area contributed by atoms with E-state index in [0.717, 1.165) is 13.0 Å². The number of aryl methyl sites for hydroxylation is 1. The molecule has 2 amide bonds. The maximum Gasteiger partial charge on any atom is 0.274 e. The van der Waals surface area contributed by atoms with Crippen molar-refractivity contribution in [1.82, 2.24) is 14.7 Å². The lowest BCUT2D eigenvalue weighted by Gasteiger charge is -2.29. The van der Waals surface area contributed by atoms with Crippen LogP contribution in [0.4, 0.5) is 0 Å². The van der Waals surface area contributed by atoms with Crippen LogP contribution in [-0.2, 0) is 11.3 Å². The van der Waals surface area contributed by atoms with Gasteiger partial charge in [0.25, 0.3) is 5.91 Å². The maximum absolute atomic E-state index is 12.4. The number of nitrogens with two attached hydrogens (primary N) is 1. The molecule has 2 aliphatic rings. The first-order valence-corrected chi connectivity index (χ1v) is 6.94. The van der Waals surface area contributed by atoms with Gasteiger partial charge in [-0.25, -0.2) is 4.68 Å². The third kappa shape index (κ3) is 2.35. The van der Waals surface area contributed by atoms with E-state index in [1.54, 1.807) is 15.6 Å². The van der Waals surface area contributed by atoms with Crippen molar-refractivity contribution in [1.29, 1.82) is 0 Å². The number of aromatic nitrogens is 2. The summed E-state index contributed by atoms with van der Waals surface area (Å²) in [6, 6.07) is 1.70. The number of primary amides is 1. The van der Waals surface area contributed by atoms with Crippen molar-refractivity contribution in [3.8, 4) is 5.88 Å². The van der Waals surface area contributed by atoms with Gasteiger partial charge in [0.1, 0.15) is 0 Å². The SMILES string of the molecule is NC(=O)C1CCN(C(=O)c2cc3n(n2)CCCO3)CC1. The largest absolute Gasteiger partial charge is 0.478 e. The molecule has 1 saturated heterocycles. The number of carbonyl (C=O) groups is 2. The number of likely N-dealkylation sites (tertiary alicyclic amines) is 1. The highest BCUT2D eigenvalue weighted by Crippen LogP contribution is 2.22. The van der Waals surface area contributed by atoms with Crippen molar-refractivity contribution in [2.24, 2.45) is 11.7 Å². The van der Waals surface area contributed by atoms with Crippen LogP contribution in [0, 0.1) is 5.92 Å². The van der Waals surface area contributed by atoms with E-state index in [1.165, 1.54) is 0 Å². The van der Waals surface area contributed by atoms with E-state index in [2.05, 4.69) is 5.10 Å². The fourth-order valence-electron chi connectivity index (χ4n) is 2.70. The van der Waals surface area contributed by atoms with Gasteiger partial charge < -0.3 is 15.4 Å². The average molecular weight is 278 g/mol. The van der Waals surface area contributed by atoms with E-state index in [-0.39, 0.29) is 17.7 Å². The Morgan fingerprint density at radius 3 is 2.70 bits per heavy atom. The van der Waals surface area contributed by atoms with Crippen LogP contribution < -0.4 is 10.5 Å². The molecule has 3 heterocycles. The predicted octanol–water partition coefficient (Wildman–Crippen LogP) is 0.00310. The molecule has 0 aromatic carbocycles. The quantitative estimate of drug-likeness (QED) is 0.824. The number of piperidine rings is 1. The molecule has 1 aromatic rings. The molecule has 1 fully saturated rings. The summed E-state index contributed by atoms with van der Waals surface area (Å²) in [4.78, 5) is 25.2. The van der Waals surface area contributed by atoms with Crippen molar-refractivity contribution >= 4 is 11.8 Å². The van der Waals surface area contributed by atoms with Gasteiger partial charge >= 0.3 is 0 Å². The van der Waals surface area contributed by atoms with Crippen molar-refractivity contribution in [2.75, 3.05) is 19.7 Å². The van der Waals surface area contributed by atoms with Crippen molar-refractivity contribution in [3.05, 3.63) is 11.8 Å². The molecular weight excluding hydrogens is 260 g/mol. The third-order valence-corrected chi connectivity index (χ3v) is 3.91. The highest BCUT2D eigenvalue weighted by atomic mass is 16.5. The molecule has 7 heteroatoms. The lowest BCUT2D eigenvalue weighted by molar-refractivity contribution is -0.123. The first-order valence-electron chi connectivity index (χ1n) is 6.94. The number of rotatable bonds is 2. The highest BCUT2D eigenvalue weighted by molar-refractivity contribution is 5.92. The number of hydrogen-bond donors (Lipinski definition) is 1. The van der Waals surface area contributed by atoms with Crippen LogP contribution in [0.1, 0.15) is 29.8 Å². The maximum atomic E-state index is 12.4. The minimum atomic E-state index is -0.275. The molecule has 0 atom stereocenters. The summed E-state index contributed by atoms with van der Waals surface area (Å²) in [5, 5.41) is 4.29. The Hall–Kier alpha value is -2.05. The molecule has 2 aliphatic heterocycles. The molecule has 3 rings (SSSR count). The van der Waals surface area contributed by atoms with Gasteiger partial charge in [-0.15, -0.1) is 0 Å². The van der Waals surface area contributed by atoms with Crippen LogP contribution in [0.3, 0.4) is 0 Å². The summed E-state index contributed by atoms with van der Waals surface area (Å²) >= 11 is 0. The zero-order valence-electron chi connectivity index (χ0n) is 11.2. The lowest BCUT2D eigenvalue weighted by atomic mass is 9.96. The number of hydrogen-bond acceptors (Lipinski definition) is 4. The second kappa shape index (κ2) is 5.15. The van der Waals surface area contributed by atoms with E-state index >= 15 is 0 Å². The zero-order chi connectivity index (χ0) is 14.1. The molecule has 0 saturated carbocycles. The Morgan fingerprint density at radius 2 is 2.05 bits per heavy atom. The van der Waals surface area contributed by atoms with Gasteiger partial charge in [0.05, 0.1) is 6.61 Å². The fourth-order valence-corrected chi connectivity index (χ4v) is 2.70. The summed E-state index contributed by atoms with van der Waals surface area (Å²) in [6.45, 7) is 2.56. The molecule has 7 nitrogen and oxygen atoms in total. The Morgan fingerprint density at radius 1 is 1.30 bits per heavy atom. The summed E-state index contributed by atoms with van der Waals surface area (Å²) in [5.41, 5.74) is 5.71. The third-order valence-electron chi connectivity index (χ3n) is 3.91. The van der Waals surface area contributed by atoms with Gasteiger partial charge in [0, 0.05) is 38.0 Å². The van der Waals surface area contributed by atoms with Crippen LogP contribution >= 0.6 is 0 Å². The van der Waals surface area contributed by atoms with Crippen molar-refractivity contribution in [3.63, 3.8) is 0 Å². The predicted molar refractivity (Wildman–Crippen MR) is 70.2 cm³/mol. The van der Waals surface area contributed by atoms with E-state index in [4.69, 9.17) is 10.5 Å². The number of ether oxygens (including phenoxy) is 1. The summed E-state index contributed by atoms with van der Waals surface area (Å²) in [7, 11) is 0. The lowest BCUT2D eigenvalue weighted by Crippen LogP contribution is -2.41. The molecule has 0 radical (unpaired) electrons. The Bertz CT molecular complexity index is 508. The monoisotopic (exact) mass is 278 g/mol. The van der Waals surface area contributed by atoms with Gasteiger partial charge in [0.2, 0.25) is 11.8 Å². The van der Waals surface area contributed by atoms with E-state index in [9.17, 15) is 9.59 Å². The molecule has 0 spiro atoms. The average Bonchev–Trinajstić information content (AvgIpc) is 2.90. The van der Waals surface area contributed by atoms with E-state index in [0.29, 0.717) is 44.1 Å². The summed E-state index contributed by atoms with van der Waals surface area (Å²) in [5.74, 6) is 0.172. The molecule has 0 bridgehead atoms. The normalized spacial score (nSPS) is 19.3. The number of carbonyl (C=O) groups excluding carboxylic acids is 2. The smallest absolute Gasteiger partial charge is 0.274 e. The zero-order valence-corrected chi connectivity index (χ0v) is 11.2. The van der Waals surface area contributed by atoms with Crippen LogP contribution in [0.15, 0.2) is 6.07 Å². The second-order valence-corrected chi connectivity index (χ2v) is 5.26. The molecule has 0 aliphatic carbocycles. The van der Waals surface area contributed by atoms with Gasteiger partial charge in [-0.3, -0.25) is 9.59 Å². The number of nitrogens with zero attached hydrogens (tertiary/aromatic N) is 3. The molecule has 0 unspecified atom stereocenters. The van der Waals surface area contributed by atoms with Crippen LogP contribution in [-0.4, -0.2) is 46.2 Å². The van der Waals surface area contributed by atoms with Crippen LogP contribution in [0.25, 0.3) is 0 Å². The van der Waals surface area contributed by atoms with Gasteiger partial charge in [-0.1, -0.05) is 0 Å². The van der Waals surface area contributed by atoms with Crippen molar-refractivity contribution < 1.29 is 14.3 Å². The standard InChI is InChI=1S/C13H18N4O3/c14-12(18)9-2-5-16(6-3-9)13(19)10-8-11-17(15-10)4-1-7-20-11/h8-9H,1-7H2,(H2,14,18). The molecule has 2 N–H and O–H groups in total. The first kappa shape index (κ1) is 13.0. The Balaban J connectivity index is 1.67. The Kier molecular flexibility index (Phi) is 3.33. The second-order valence-electron chi connectivity index (χ2n) is 5.26. The van der Waals surface area contributed by atoms with Crippen LogP contribution in [0.5, 0.6) is 5.88 Å². The topological polar surface area (TPSA) is 90.5 Å². The van der Waals surface area contributed by atoms with Gasteiger partial charge in [-0.2, -0.15) is 5.10 Å². The van der Waals surface area contributed by atoms with Gasteiger partial charge in [-0.05, 0) is 12.8 Å². The van der Waals surface area contributed by atoms with Crippen molar-refractivity contribution in [2.45, 2.75) is 25.8 Å². The summed E-state index contributed by atoms with van der Waals surface area (Å²) < 4.78 is 7.19. The first-order chi connectivity index (χ1) is 9.65. The van der Waals surface area contributed by atoms with E-state index < -0.39 is 0 Å². The van der Waals surface area contributed by atoms with Crippen LogP contribution in [0.2, 0.25) is 0 Å². The molecule has 108 valence electrons. The fraction of sp³-hybridized carbons (Fsp3) is 0.615. The van der Waals surface area contributed by atoms with E-state index in [1.807, 2.05) is 0 Å². The molecular formula is C13H18N4O3. The Labute approximate surface area is 116 Å². The minimum Gasteiger partial charge on any atom is -0.478 e. The van der Waals surface area contributed by atoms with Gasteiger partial charge in [0.15, 0.2) is 5.69 Å². The molecule has 1 aromatic heterocycles. The summed E-state index contributed by atoms with van der Waals surface area (Å²) in [6.07, 6.45) is 2.17. The highest BCUT2D eigenvalue weighted by Gasteiger charge is 2.28. The number of amides is 2. The minimum absolute atomic E-state index is 0.0987. The number of fused-ring (bicyclic) bond motifs is 1. The molecule has 20 heavy (non-hydrogen) atoms.